The SMILES string of the molecule is Nc1nc(N)c2ccn(C3O[C@H](COP(=O)(O)O)[C@@H](O)[C@@H]3O)c2n1. The van der Waals surface area contributed by atoms with Crippen molar-refractivity contribution in [3.05, 3.63) is 12.3 Å². The minimum atomic E-state index is -4.73. The lowest BCUT2D eigenvalue weighted by Gasteiger charge is -2.17. The Balaban J connectivity index is 1.89. The number of rotatable bonds is 4. The van der Waals surface area contributed by atoms with Crippen LogP contribution in [0.1, 0.15) is 6.23 Å². The summed E-state index contributed by atoms with van der Waals surface area (Å²) < 4.78 is 21.9. The van der Waals surface area contributed by atoms with E-state index in [0.717, 1.165) is 0 Å². The Hall–Kier alpha value is -1.79. The average Bonchev–Trinajstić information content (AvgIpc) is 3.00. The lowest BCUT2D eigenvalue weighted by Crippen LogP contribution is -2.33. The molecule has 132 valence electrons. The van der Waals surface area contributed by atoms with Gasteiger partial charge < -0.3 is 40.8 Å². The van der Waals surface area contributed by atoms with E-state index >= 15 is 0 Å². The van der Waals surface area contributed by atoms with Crippen LogP contribution in [0.2, 0.25) is 0 Å². The van der Waals surface area contributed by atoms with Gasteiger partial charge in [0.2, 0.25) is 5.95 Å². The summed E-state index contributed by atoms with van der Waals surface area (Å²) in [6.45, 7) is -0.600. The highest BCUT2D eigenvalue weighted by Crippen LogP contribution is 2.39. The highest BCUT2D eigenvalue weighted by Gasteiger charge is 2.45. The van der Waals surface area contributed by atoms with E-state index in [0.29, 0.717) is 5.39 Å². The molecule has 24 heavy (non-hydrogen) atoms. The van der Waals surface area contributed by atoms with Crippen LogP contribution >= 0.6 is 7.82 Å². The van der Waals surface area contributed by atoms with Crippen molar-refractivity contribution in [2.75, 3.05) is 18.1 Å². The first-order valence-electron chi connectivity index (χ1n) is 6.78. The van der Waals surface area contributed by atoms with Gasteiger partial charge in [0.1, 0.15) is 29.8 Å². The summed E-state index contributed by atoms with van der Waals surface area (Å²) in [4.78, 5) is 25.3. The first kappa shape index (κ1) is 17.0. The molecule has 3 rings (SSSR count). The fraction of sp³-hybridized carbons (Fsp3) is 0.455. The number of anilines is 2. The lowest BCUT2D eigenvalue weighted by molar-refractivity contribution is -0.0501. The monoisotopic (exact) mass is 361 g/mol. The quantitative estimate of drug-likeness (QED) is 0.340. The van der Waals surface area contributed by atoms with Crippen molar-refractivity contribution < 1.29 is 33.8 Å². The number of phosphoric ester groups is 1. The van der Waals surface area contributed by atoms with Crippen LogP contribution < -0.4 is 11.5 Å². The summed E-state index contributed by atoms with van der Waals surface area (Å²) in [5.41, 5.74) is 11.6. The first-order chi connectivity index (χ1) is 11.2. The van der Waals surface area contributed by atoms with Gasteiger partial charge in [-0.1, -0.05) is 0 Å². The topological polar surface area (TPSA) is 199 Å². The molecule has 12 nitrogen and oxygen atoms in total. The lowest BCUT2D eigenvalue weighted by atomic mass is 10.1. The molecule has 8 N–H and O–H groups in total. The van der Waals surface area contributed by atoms with Gasteiger partial charge in [-0.2, -0.15) is 9.97 Å². The van der Waals surface area contributed by atoms with Gasteiger partial charge in [-0.3, -0.25) is 4.52 Å². The van der Waals surface area contributed by atoms with Crippen LogP contribution in [-0.4, -0.2) is 59.5 Å². The molecule has 1 unspecified atom stereocenters. The van der Waals surface area contributed by atoms with Crippen molar-refractivity contribution in [2.24, 2.45) is 0 Å². The molecular weight excluding hydrogens is 345 g/mol. The Morgan fingerprint density at radius 2 is 2.00 bits per heavy atom. The summed E-state index contributed by atoms with van der Waals surface area (Å²) >= 11 is 0. The van der Waals surface area contributed by atoms with Gasteiger partial charge >= 0.3 is 7.82 Å². The molecular formula is C11H16N5O7P. The third-order valence-electron chi connectivity index (χ3n) is 3.64. The third kappa shape index (κ3) is 3.08. The van der Waals surface area contributed by atoms with Crippen LogP contribution in [-0.2, 0) is 13.8 Å². The number of phosphoric acid groups is 1. The Morgan fingerprint density at radius 1 is 1.29 bits per heavy atom. The van der Waals surface area contributed by atoms with Crippen molar-refractivity contribution in [3.8, 4) is 0 Å². The predicted molar refractivity (Wildman–Crippen MR) is 80.3 cm³/mol. The number of aromatic nitrogens is 3. The van der Waals surface area contributed by atoms with Crippen molar-refractivity contribution in [3.63, 3.8) is 0 Å². The van der Waals surface area contributed by atoms with Crippen molar-refractivity contribution >= 4 is 30.6 Å². The van der Waals surface area contributed by atoms with Crippen molar-refractivity contribution in [1.29, 1.82) is 0 Å². The van der Waals surface area contributed by atoms with Gasteiger partial charge in [0.25, 0.3) is 0 Å². The van der Waals surface area contributed by atoms with Crippen molar-refractivity contribution in [1.82, 2.24) is 14.5 Å². The van der Waals surface area contributed by atoms with E-state index in [1.165, 1.54) is 10.8 Å². The zero-order valence-electron chi connectivity index (χ0n) is 12.1. The van der Waals surface area contributed by atoms with E-state index in [9.17, 15) is 14.8 Å². The Kier molecular flexibility index (Phi) is 4.21. The number of ether oxygens (including phenoxy) is 1. The van der Waals surface area contributed by atoms with E-state index in [4.69, 9.17) is 26.0 Å². The van der Waals surface area contributed by atoms with E-state index in [1.54, 1.807) is 6.07 Å². The molecule has 1 fully saturated rings. The molecule has 0 radical (unpaired) electrons. The number of aliphatic hydroxyl groups excluding tert-OH is 2. The number of nitrogen functional groups attached to an aromatic ring is 2. The molecule has 0 aromatic carbocycles. The first-order valence-corrected chi connectivity index (χ1v) is 8.31. The molecule has 1 aliphatic rings. The second-order valence-corrected chi connectivity index (χ2v) is 6.50. The van der Waals surface area contributed by atoms with E-state index in [-0.39, 0.29) is 17.4 Å². The predicted octanol–water partition coefficient (Wildman–Crippen LogP) is -1.68. The summed E-state index contributed by atoms with van der Waals surface area (Å²) in [6.07, 6.45) is -3.51. The number of nitrogens with zero attached hydrogens (tertiary/aromatic N) is 3. The number of hydrogen-bond acceptors (Lipinski definition) is 9. The maximum Gasteiger partial charge on any atom is 0.469 e. The second kappa shape index (κ2) is 5.93. The molecule has 1 aliphatic heterocycles. The normalized spacial score (nSPS) is 27.8. The van der Waals surface area contributed by atoms with Crippen LogP contribution in [0.3, 0.4) is 0 Å². The largest absolute Gasteiger partial charge is 0.469 e. The molecule has 2 aromatic heterocycles. The number of aliphatic hydroxyl groups is 2. The molecule has 3 heterocycles. The summed E-state index contributed by atoms with van der Waals surface area (Å²) in [5.74, 6) is 0.0695. The number of hydrogen-bond donors (Lipinski definition) is 6. The molecule has 0 aliphatic carbocycles. The fourth-order valence-corrected chi connectivity index (χ4v) is 2.89. The molecule has 0 bridgehead atoms. The molecule has 0 amide bonds. The van der Waals surface area contributed by atoms with Gasteiger partial charge in [-0.15, -0.1) is 0 Å². The number of nitrogens with two attached hydrogens (primary N) is 2. The summed E-state index contributed by atoms with van der Waals surface area (Å²) in [6, 6.07) is 1.59. The number of fused-ring (bicyclic) bond motifs is 1. The minimum Gasteiger partial charge on any atom is -0.387 e. The van der Waals surface area contributed by atoms with Gasteiger partial charge in [0.05, 0.1) is 12.0 Å². The van der Waals surface area contributed by atoms with Crippen LogP contribution in [0.4, 0.5) is 11.8 Å². The smallest absolute Gasteiger partial charge is 0.387 e. The maximum absolute atomic E-state index is 10.8. The second-order valence-electron chi connectivity index (χ2n) is 5.26. The minimum absolute atomic E-state index is 0.0747. The zero-order chi connectivity index (χ0) is 17.6. The molecule has 0 spiro atoms. The molecule has 13 heteroatoms. The Bertz CT molecular complexity index is 807. The van der Waals surface area contributed by atoms with Gasteiger partial charge in [-0.25, -0.2) is 4.57 Å². The van der Waals surface area contributed by atoms with E-state index in [2.05, 4.69) is 14.5 Å². The van der Waals surface area contributed by atoms with Crippen LogP contribution in [0, 0.1) is 0 Å². The van der Waals surface area contributed by atoms with Crippen molar-refractivity contribution in [2.45, 2.75) is 24.5 Å². The molecule has 4 atom stereocenters. The van der Waals surface area contributed by atoms with Gasteiger partial charge in [0.15, 0.2) is 6.23 Å². The maximum atomic E-state index is 10.8. The highest BCUT2D eigenvalue weighted by atomic mass is 31.2. The zero-order valence-corrected chi connectivity index (χ0v) is 13.0. The third-order valence-corrected chi connectivity index (χ3v) is 4.12. The van der Waals surface area contributed by atoms with E-state index < -0.39 is 39.0 Å². The molecule has 2 aromatic rings. The van der Waals surface area contributed by atoms with Crippen LogP contribution in [0.15, 0.2) is 12.3 Å². The Morgan fingerprint density at radius 3 is 2.67 bits per heavy atom. The van der Waals surface area contributed by atoms with Crippen LogP contribution in [0.5, 0.6) is 0 Å². The molecule has 1 saturated heterocycles. The van der Waals surface area contributed by atoms with Gasteiger partial charge in [-0.05, 0) is 6.07 Å². The molecule has 0 saturated carbocycles. The van der Waals surface area contributed by atoms with Crippen LogP contribution in [0.25, 0.3) is 11.0 Å². The average molecular weight is 361 g/mol. The fourth-order valence-electron chi connectivity index (χ4n) is 2.55. The highest BCUT2D eigenvalue weighted by molar-refractivity contribution is 7.46. The summed E-state index contributed by atoms with van der Waals surface area (Å²) in [7, 11) is -4.73. The van der Waals surface area contributed by atoms with Gasteiger partial charge in [0, 0.05) is 6.20 Å². The standard InChI is InChI=1S/C11H16N5O7P/c12-8-4-1-2-16(9(4)15-11(13)14-8)10-7(18)6(17)5(23-10)3-22-24(19,20)21/h1-2,5-7,10,17-18H,3H2,(H2,19,20,21)(H4,12,13,14,15)/t5-,6-,7+,10?/m1/s1. The summed E-state index contributed by atoms with van der Waals surface area (Å²) in [5, 5.41) is 20.7. The Labute approximate surface area is 134 Å². The van der Waals surface area contributed by atoms with E-state index in [1.807, 2.05) is 0 Å².